The Morgan fingerprint density at radius 2 is 0.812 bits per heavy atom. The summed E-state index contributed by atoms with van der Waals surface area (Å²) >= 11 is 1.82. The fraction of sp³-hybridized carbons (Fsp3) is 0. The molecule has 2 heterocycles. The van der Waals surface area contributed by atoms with E-state index in [1.165, 1.54) is 64.0 Å². The van der Waals surface area contributed by atoms with Gasteiger partial charge in [-0.2, -0.15) is 0 Å². The highest BCUT2D eigenvalue weighted by Crippen LogP contribution is 2.49. The lowest BCUT2D eigenvalue weighted by molar-refractivity contribution is 0.636. The van der Waals surface area contributed by atoms with Crippen LogP contribution in [0.25, 0.3) is 97.4 Å². The summed E-state index contributed by atoms with van der Waals surface area (Å²) in [4.78, 5) is 0. The van der Waals surface area contributed by atoms with Gasteiger partial charge in [0.05, 0.1) is 4.70 Å². The van der Waals surface area contributed by atoms with Crippen LogP contribution < -0.4 is 0 Å². The predicted octanol–water partition coefficient (Wildman–Crippen LogP) is 13.8. The van der Waals surface area contributed by atoms with Crippen molar-refractivity contribution in [2.45, 2.75) is 0 Å². The molecule has 0 aliphatic heterocycles. The van der Waals surface area contributed by atoms with Crippen molar-refractivity contribution in [1.29, 1.82) is 0 Å². The first-order chi connectivity index (χ1) is 23.8. The molecular formula is C46H28OS. The second-order valence-corrected chi connectivity index (χ2v) is 13.4. The fourth-order valence-corrected chi connectivity index (χ4v) is 8.75. The van der Waals surface area contributed by atoms with E-state index in [0.29, 0.717) is 0 Å². The molecule has 1 nitrogen and oxygen atoms in total. The molecule has 0 radical (unpaired) electrons. The number of hydrogen-bond acceptors (Lipinski definition) is 2. The van der Waals surface area contributed by atoms with Gasteiger partial charge in [-0.05, 0) is 67.6 Å². The summed E-state index contributed by atoms with van der Waals surface area (Å²) in [5.41, 5.74) is 9.38. The van der Waals surface area contributed by atoms with E-state index in [-0.39, 0.29) is 0 Å². The zero-order valence-corrected chi connectivity index (χ0v) is 26.8. The normalized spacial score (nSPS) is 11.8. The molecule has 2 aromatic heterocycles. The SMILES string of the molecule is c1ccc(-c2oc3c(ccc4c5cc(-c6c7ccccc7c(-c7ccccc7)c7ccccc67)ccc5sc43)c2-c2ccccc2)cc1. The Bertz CT molecular complexity index is 2750. The van der Waals surface area contributed by atoms with Crippen molar-refractivity contribution < 1.29 is 4.42 Å². The van der Waals surface area contributed by atoms with E-state index in [2.05, 4.69) is 170 Å². The second kappa shape index (κ2) is 10.8. The lowest BCUT2D eigenvalue weighted by Crippen LogP contribution is -1.90. The van der Waals surface area contributed by atoms with Crippen LogP contribution in [0.4, 0.5) is 0 Å². The molecule has 0 saturated carbocycles. The largest absolute Gasteiger partial charge is 0.454 e. The van der Waals surface area contributed by atoms with E-state index >= 15 is 0 Å². The van der Waals surface area contributed by atoms with E-state index in [4.69, 9.17) is 4.42 Å². The molecule has 0 amide bonds. The Morgan fingerprint density at radius 1 is 0.333 bits per heavy atom. The number of thiophene rings is 1. The van der Waals surface area contributed by atoms with Crippen LogP contribution in [0, 0.1) is 0 Å². The quantitative estimate of drug-likeness (QED) is 0.177. The molecule has 0 saturated heterocycles. The average Bonchev–Trinajstić information content (AvgIpc) is 3.73. The number of rotatable bonds is 4. The van der Waals surface area contributed by atoms with Crippen LogP contribution in [0.2, 0.25) is 0 Å². The number of furan rings is 1. The van der Waals surface area contributed by atoms with Gasteiger partial charge in [0.15, 0.2) is 5.58 Å². The van der Waals surface area contributed by atoms with Crippen LogP contribution in [-0.4, -0.2) is 0 Å². The molecule has 0 N–H and O–H groups in total. The molecule has 2 heteroatoms. The molecule has 0 bridgehead atoms. The Kier molecular flexibility index (Phi) is 6.12. The van der Waals surface area contributed by atoms with E-state index in [1.54, 1.807) is 0 Å². The highest BCUT2D eigenvalue weighted by molar-refractivity contribution is 7.26. The van der Waals surface area contributed by atoms with Crippen molar-refractivity contribution >= 4 is 64.0 Å². The first kappa shape index (κ1) is 27.2. The minimum atomic E-state index is 0.916. The Hall–Kier alpha value is -5.96. The molecule has 0 aliphatic rings. The molecule has 10 aromatic rings. The molecular weight excluding hydrogens is 601 g/mol. The van der Waals surface area contributed by atoms with Gasteiger partial charge in [-0.25, -0.2) is 0 Å². The van der Waals surface area contributed by atoms with E-state index < -0.39 is 0 Å². The van der Waals surface area contributed by atoms with Crippen molar-refractivity contribution in [1.82, 2.24) is 0 Å². The monoisotopic (exact) mass is 628 g/mol. The third-order valence-corrected chi connectivity index (χ3v) is 10.9. The van der Waals surface area contributed by atoms with Gasteiger partial charge in [0.1, 0.15) is 5.76 Å². The maximum absolute atomic E-state index is 6.88. The van der Waals surface area contributed by atoms with Gasteiger partial charge in [0, 0.05) is 32.0 Å². The van der Waals surface area contributed by atoms with Crippen LogP contribution in [0.5, 0.6) is 0 Å². The maximum Gasteiger partial charge on any atom is 0.153 e. The lowest BCUT2D eigenvalue weighted by Gasteiger charge is -2.17. The van der Waals surface area contributed by atoms with E-state index in [9.17, 15) is 0 Å². The van der Waals surface area contributed by atoms with Gasteiger partial charge in [0.2, 0.25) is 0 Å². The fourth-order valence-electron chi connectivity index (χ4n) is 7.58. The third-order valence-electron chi connectivity index (χ3n) is 9.68. The molecule has 0 atom stereocenters. The summed E-state index contributed by atoms with van der Waals surface area (Å²) < 4.78 is 9.33. The highest BCUT2D eigenvalue weighted by Gasteiger charge is 2.22. The molecule has 0 spiro atoms. The van der Waals surface area contributed by atoms with Gasteiger partial charge < -0.3 is 4.42 Å². The van der Waals surface area contributed by atoms with E-state index in [0.717, 1.165) is 33.4 Å². The molecule has 8 aromatic carbocycles. The van der Waals surface area contributed by atoms with E-state index in [1.807, 2.05) is 11.3 Å². The number of benzene rings is 8. The average molecular weight is 629 g/mol. The van der Waals surface area contributed by atoms with Crippen LogP contribution in [0.3, 0.4) is 0 Å². The predicted molar refractivity (Wildman–Crippen MR) is 206 cm³/mol. The van der Waals surface area contributed by atoms with Gasteiger partial charge in [-0.3, -0.25) is 0 Å². The van der Waals surface area contributed by atoms with Crippen molar-refractivity contribution in [2.24, 2.45) is 0 Å². The summed E-state index contributed by atoms with van der Waals surface area (Å²) in [5, 5.41) is 8.71. The highest BCUT2D eigenvalue weighted by atomic mass is 32.1. The van der Waals surface area contributed by atoms with Gasteiger partial charge in [-0.1, -0.05) is 152 Å². The first-order valence-corrected chi connectivity index (χ1v) is 17.2. The number of fused-ring (bicyclic) bond motifs is 7. The summed E-state index contributed by atoms with van der Waals surface area (Å²) in [6.45, 7) is 0. The summed E-state index contributed by atoms with van der Waals surface area (Å²) in [7, 11) is 0. The maximum atomic E-state index is 6.88. The Labute approximate surface area is 282 Å². The van der Waals surface area contributed by atoms with Gasteiger partial charge in [-0.15, -0.1) is 11.3 Å². The van der Waals surface area contributed by atoms with Crippen LogP contribution in [-0.2, 0) is 0 Å². The molecule has 48 heavy (non-hydrogen) atoms. The Morgan fingerprint density at radius 3 is 1.40 bits per heavy atom. The van der Waals surface area contributed by atoms with Crippen LogP contribution in [0.1, 0.15) is 0 Å². The Balaban J connectivity index is 1.24. The van der Waals surface area contributed by atoms with Crippen molar-refractivity contribution in [3.8, 4) is 44.7 Å². The standard InChI is InChI=1S/C46H28OS/c1-4-14-29(15-5-1)41-33-20-10-12-22-35(33)42(36-23-13-11-21-34(36)41)32-24-27-40-39(28-32)37-25-26-38-43(30-16-6-2-7-17-30)44(31-18-8-3-9-19-31)47-45(38)46(37)48-40/h1-28H. The van der Waals surface area contributed by atoms with Crippen molar-refractivity contribution in [3.05, 3.63) is 170 Å². The zero-order valence-electron chi connectivity index (χ0n) is 26.0. The minimum Gasteiger partial charge on any atom is -0.454 e. The van der Waals surface area contributed by atoms with Crippen LogP contribution >= 0.6 is 11.3 Å². The summed E-state index contributed by atoms with van der Waals surface area (Å²) in [6.07, 6.45) is 0. The molecule has 10 rings (SSSR count). The smallest absolute Gasteiger partial charge is 0.153 e. The van der Waals surface area contributed by atoms with Crippen LogP contribution in [0.15, 0.2) is 174 Å². The molecule has 0 fully saturated rings. The topological polar surface area (TPSA) is 13.1 Å². The third kappa shape index (κ3) is 4.10. The molecule has 0 unspecified atom stereocenters. The zero-order chi connectivity index (χ0) is 31.6. The lowest BCUT2D eigenvalue weighted by atomic mass is 9.86. The number of hydrogen-bond donors (Lipinski definition) is 0. The summed E-state index contributed by atoms with van der Waals surface area (Å²) in [5.74, 6) is 0.916. The minimum absolute atomic E-state index is 0.916. The van der Waals surface area contributed by atoms with Crippen molar-refractivity contribution in [2.75, 3.05) is 0 Å². The second-order valence-electron chi connectivity index (χ2n) is 12.4. The molecule has 0 aliphatic carbocycles. The summed E-state index contributed by atoms with van der Waals surface area (Å²) in [6, 6.07) is 61.2. The van der Waals surface area contributed by atoms with Gasteiger partial charge >= 0.3 is 0 Å². The van der Waals surface area contributed by atoms with Gasteiger partial charge in [0.25, 0.3) is 0 Å². The molecule has 224 valence electrons. The first-order valence-electron chi connectivity index (χ1n) is 16.4. The van der Waals surface area contributed by atoms with Crippen molar-refractivity contribution in [3.63, 3.8) is 0 Å².